The smallest absolute Gasteiger partial charge is 0.348 e. The lowest BCUT2D eigenvalue weighted by atomic mass is 10.2. The van der Waals surface area contributed by atoms with Crippen molar-refractivity contribution in [3.63, 3.8) is 0 Å². The molecule has 25 heavy (non-hydrogen) atoms. The molecule has 134 valence electrons. The van der Waals surface area contributed by atoms with Gasteiger partial charge in [-0.05, 0) is 43.0 Å². The van der Waals surface area contributed by atoms with Crippen LogP contribution in [0, 0.1) is 0 Å². The van der Waals surface area contributed by atoms with Gasteiger partial charge >= 0.3 is 12.0 Å². The summed E-state index contributed by atoms with van der Waals surface area (Å²) >= 11 is 1.39. The Labute approximate surface area is 150 Å². The molecule has 1 aliphatic heterocycles. The molecular weight excluding hydrogens is 340 g/mol. The number of benzene rings is 1. The Morgan fingerprint density at radius 3 is 2.96 bits per heavy atom. The Hall–Kier alpha value is -2.12. The third kappa shape index (κ3) is 3.93. The summed E-state index contributed by atoms with van der Waals surface area (Å²) in [7, 11) is 0. The zero-order chi connectivity index (χ0) is 17.8. The standard InChI is InChI=1S/C18H22N2O4S/c1-3-14-11-23-8-7-20(14)18(22)19-13-5-6-15-12(9-13)10-16(25-15)17(21)24-4-2/h5-6,9-10,14H,3-4,7-8,11H2,1-2H3,(H,19,22)/t14-/m1/s1. The van der Waals surface area contributed by atoms with Crippen LogP contribution in [0.4, 0.5) is 10.5 Å². The maximum atomic E-state index is 12.6. The van der Waals surface area contributed by atoms with Crippen molar-refractivity contribution in [2.24, 2.45) is 0 Å². The van der Waals surface area contributed by atoms with Gasteiger partial charge in [0.05, 0.1) is 25.9 Å². The summed E-state index contributed by atoms with van der Waals surface area (Å²) in [4.78, 5) is 26.8. The van der Waals surface area contributed by atoms with Gasteiger partial charge in [-0.3, -0.25) is 0 Å². The number of amides is 2. The van der Waals surface area contributed by atoms with Crippen LogP contribution in [0.15, 0.2) is 24.3 Å². The van der Waals surface area contributed by atoms with E-state index in [2.05, 4.69) is 5.32 Å². The summed E-state index contributed by atoms with van der Waals surface area (Å²) < 4.78 is 11.5. The number of anilines is 1. The van der Waals surface area contributed by atoms with E-state index in [1.54, 1.807) is 13.0 Å². The van der Waals surface area contributed by atoms with Crippen LogP contribution in [-0.4, -0.2) is 49.3 Å². The van der Waals surface area contributed by atoms with Crippen LogP contribution >= 0.6 is 11.3 Å². The third-order valence-electron chi connectivity index (χ3n) is 4.20. The maximum absolute atomic E-state index is 12.6. The van der Waals surface area contributed by atoms with Crippen LogP contribution in [0.5, 0.6) is 0 Å². The average molecular weight is 362 g/mol. The highest BCUT2D eigenvalue weighted by Gasteiger charge is 2.26. The highest BCUT2D eigenvalue weighted by molar-refractivity contribution is 7.20. The minimum Gasteiger partial charge on any atom is -0.462 e. The van der Waals surface area contributed by atoms with Gasteiger partial charge in [-0.1, -0.05) is 6.92 Å². The Morgan fingerprint density at radius 1 is 1.36 bits per heavy atom. The number of carbonyl (C=O) groups excluding carboxylic acids is 2. The summed E-state index contributed by atoms with van der Waals surface area (Å²) in [5.74, 6) is -0.312. The highest BCUT2D eigenvalue weighted by Crippen LogP contribution is 2.29. The van der Waals surface area contributed by atoms with Crippen LogP contribution in [0.1, 0.15) is 29.9 Å². The van der Waals surface area contributed by atoms with Gasteiger partial charge in [0.25, 0.3) is 0 Å². The van der Waals surface area contributed by atoms with Gasteiger partial charge in [-0.2, -0.15) is 0 Å². The Bertz CT molecular complexity index is 774. The number of carbonyl (C=O) groups is 2. The van der Waals surface area contributed by atoms with Gasteiger partial charge in [0, 0.05) is 16.9 Å². The molecule has 1 fully saturated rings. The lowest BCUT2D eigenvalue weighted by Crippen LogP contribution is -2.50. The van der Waals surface area contributed by atoms with E-state index in [-0.39, 0.29) is 18.0 Å². The molecule has 7 heteroatoms. The first-order valence-electron chi connectivity index (χ1n) is 8.48. The van der Waals surface area contributed by atoms with Crippen molar-refractivity contribution in [3.8, 4) is 0 Å². The molecule has 0 unspecified atom stereocenters. The number of nitrogens with zero attached hydrogens (tertiary/aromatic N) is 1. The predicted octanol–water partition coefficient (Wildman–Crippen LogP) is 3.72. The van der Waals surface area contributed by atoms with Crippen LogP contribution in [0.3, 0.4) is 0 Å². The molecule has 1 aliphatic rings. The molecule has 6 nitrogen and oxygen atoms in total. The van der Waals surface area contributed by atoms with Crippen molar-refractivity contribution < 1.29 is 19.1 Å². The summed E-state index contributed by atoms with van der Waals surface area (Å²) in [5.41, 5.74) is 0.715. The number of morpholine rings is 1. The number of fused-ring (bicyclic) bond motifs is 1. The minimum atomic E-state index is -0.312. The maximum Gasteiger partial charge on any atom is 0.348 e. The van der Waals surface area contributed by atoms with Crippen molar-refractivity contribution in [1.82, 2.24) is 4.90 Å². The number of hydrogen-bond donors (Lipinski definition) is 1. The summed E-state index contributed by atoms with van der Waals surface area (Å²) in [6.45, 7) is 5.93. The Morgan fingerprint density at radius 2 is 2.20 bits per heavy atom. The molecule has 2 amide bonds. The second kappa shape index (κ2) is 7.84. The van der Waals surface area contributed by atoms with E-state index < -0.39 is 0 Å². The summed E-state index contributed by atoms with van der Waals surface area (Å²) in [6, 6.07) is 7.44. The molecule has 0 aliphatic carbocycles. The van der Waals surface area contributed by atoms with E-state index in [4.69, 9.17) is 9.47 Å². The van der Waals surface area contributed by atoms with Crippen molar-refractivity contribution in [2.45, 2.75) is 26.3 Å². The van der Waals surface area contributed by atoms with Crippen molar-refractivity contribution in [2.75, 3.05) is 31.7 Å². The summed E-state index contributed by atoms with van der Waals surface area (Å²) in [6.07, 6.45) is 0.861. The molecule has 1 saturated heterocycles. The number of thiophene rings is 1. The van der Waals surface area contributed by atoms with Crippen LogP contribution in [0.2, 0.25) is 0 Å². The van der Waals surface area contributed by atoms with E-state index in [0.717, 1.165) is 16.5 Å². The molecule has 3 rings (SSSR count). The Balaban J connectivity index is 1.75. The highest BCUT2D eigenvalue weighted by atomic mass is 32.1. The van der Waals surface area contributed by atoms with Crippen LogP contribution < -0.4 is 5.32 Å². The first-order valence-corrected chi connectivity index (χ1v) is 9.30. The van der Waals surface area contributed by atoms with Crippen molar-refractivity contribution >= 4 is 39.1 Å². The van der Waals surface area contributed by atoms with Crippen LogP contribution in [-0.2, 0) is 9.47 Å². The van der Waals surface area contributed by atoms with E-state index >= 15 is 0 Å². The van der Waals surface area contributed by atoms with Gasteiger partial charge in [0.15, 0.2) is 0 Å². The third-order valence-corrected chi connectivity index (χ3v) is 5.30. The first-order chi connectivity index (χ1) is 12.1. The van der Waals surface area contributed by atoms with E-state index in [1.165, 1.54) is 11.3 Å². The zero-order valence-corrected chi connectivity index (χ0v) is 15.2. The quantitative estimate of drug-likeness (QED) is 0.842. The molecule has 0 bridgehead atoms. The molecule has 2 aromatic rings. The number of hydrogen-bond acceptors (Lipinski definition) is 5. The molecule has 0 saturated carbocycles. The van der Waals surface area contributed by atoms with Gasteiger partial charge in [-0.25, -0.2) is 9.59 Å². The number of rotatable bonds is 4. The molecule has 0 spiro atoms. The molecule has 1 aromatic heterocycles. The lowest BCUT2D eigenvalue weighted by Gasteiger charge is -2.35. The molecule has 2 heterocycles. The largest absolute Gasteiger partial charge is 0.462 e. The fourth-order valence-corrected chi connectivity index (χ4v) is 3.82. The SMILES string of the molecule is CCOC(=O)c1cc2cc(NC(=O)N3CCOC[C@H]3CC)ccc2s1. The summed E-state index contributed by atoms with van der Waals surface area (Å²) in [5, 5.41) is 3.87. The fraction of sp³-hybridized carbons (Fsp3) is 0.444. The van der Waals surface area contributed by atoms with E-state index in [9.17, 15) is 9.59 Å². The number of esters is 1. The fourth-order valence-electron chi connectivity index (χ4n) is 2.88. The topological polar surface area (TPSA) is 67.9 Å². The second-order valence-electron chi connectivity index (χ2n) is 5.84. The average Bonchev–Trinajstić information content (AvgIpc) is 3.05. The van der Waals surface area contributed by atoms with Gasteiger partial charge in [-0.15, -0.1) is 11.3 Å². The first kappa shape index (κ1) is 17.7. The van der Waals surface area contributed by atoms with E-state index in [1.807, 2.05) is 30.0 Å². The predicted molar refractivity (Wildman–Crippen MR) is 98.4 cm³/mol. The molecule has 0 radical (unpaired) electrons. The normalized spacial score (nSPS) is 17.5. The number of nitrogens with one attached hydrogen (secondary N) is 1. The second-order valence-corrected chi connectivity index (χ2v) is 6.93. The van der Waals surface area contributed by atoms with Crippen LogP contribution in [0.25, 0.3) is 10.1 Å². The minimum absolute atomic E-state index is 0.106. The van der Waals surface area contributed by atoms with E-state index in [0.29, 0.717) is 36.9 Å². The number of ether oxygens (including phenoxy) is 2. The van der Waals surface area contributed by atoms with Gasteiger partial charge in [0.2, 0.25) is 0 Å². The zero-order valence-electron chi connectivity index (χ0n) is 14.4. The molecular formula is C18H22N2O4S. The van der Waals surface area contributed by atoms with Crippen molar-refractivity contribution in [1.29, 1.82) is 0 Å². The van der Waals surface area contributed by atoms with Gasteiger partial charge in [0.1, 0.15) is 4.88 Å². The van der Waals surface area contributed by atoms with Crippen molar-refractivity contribution in [3.05, 3.63) is 29.1 Å². The monoisotopic (exact) mass is 362 g/mol. The van der Waals surface area contributed by atoms with Gasteiger partial charge < -0.3 is 19.7 Å². The Kier molecular flexibility index (Phi) is 5.55. The molecule has 1 atom stereocenters. The molecule has 1 N–H and O–H groups in total. The lowest BCUT2D eigenvalue weighted by molar-refractivity contribution is 0.0144. The number of urea groups is 1. The molecule has 1 aromatic carbocycles.